The Hall–Kier alpha value is 0.0900. The van der Waals surface area contributed by atoms with Gasteiger partial charge in [-0.15, -0.1) is 0 Å². The summed E-state index contributed by atoms with van der Waals surface area (Å²) in [6.07, 6.45) is 5.36. The van der Waals surface area contributed by atoms with Crippen molar-refractivity contribution >= 4 is 41.9 Å². The van der Waals surface area contributed by atoms with Crippen LogP contribution in [0.1, 0.15) is 32.1 Å². The molecule has 1 aliphatic rings. The van der Waals surface area contributed by atoms with Gasteiger partial charge in [-0.3, -0.25) is 0 Å². The highest BCUT2D eigenvalue weighted by molar-refractivity contribution is 9.11. The van der Waals surface area contributed by atoms with Gasteiger partial charge in [0, 0.05) is 22.0 Å². The Labute approximate surface area is 131 Å². The molecular weight excluding hydrogens is 394 g/mol. The molecule has 3 nitrogen and oxygen atoms in total. The van der Waals surface area contributed by atoms with E-state index < -0.39 is 10.0 Å². The van der Waals surface area contributed by atoms with Gasteiger partial charge in [-0.25, -0.2) is 8.42 Å². The molecule has 2 rings (SSSR count). The molecule has 19 heavy (non-hydrogen) atoms. The van der Waals surface area contributed by atoms with Crippen LogP contribution in [0.2, 0.25) is 0 Å². The zero-order chi connectivity index (χ0) is 13.9. The molecular formula is C13H17Br2NO2S. The van der Waals surface area contributed by atoms with E-state index in [2.05, 4.69) is 31.9 Å². The number of sulfonamides is 1. The summed E-state index contributed by atoms with van der Waals surface area (Å²) >= 11 is 6.69. The van der Waals surface area contributed by atoms with Gasteiger partial charge in [0.1, 0.15) is 0 Å². The van der Waals surface area contributed by atoms with Crippen molar-refractivity contribution < 1.29 is 8.42 Å². The van der Waals surface area contributed by atoms with Crippen molar-refractivity contribution in [1.82, 2.24) is 4.31 Å². The van der Waals surface area contributed by atoms with Crippen molar-refractivity contribution in [2.75, 3.05) is 13.1 Å². The van der Waals surface area contributed by atoms with Crippen LogP contribution in [0.25, 0.3) is 0 Å². The van der Waals surface area contributed by atoms with Crippen molar-refractivity contribution in [2.45, 2.75) is 37.0 Å². The van der Waals surface area contributed by atoms with E-state index in [0.717, 1.165) is 30.2 Å². The molecule has 0 unspecified atom stereocenters. The summed E-state index contributed by atoms with van der Waals surface area (Å²) in [6, 6.07) is 5.20. The fraction of sp³-hybridized carbons (Fsp3) is 0.538. The van der Waals surface area contributed by atoms with Gasteiger partial charge in [0.25, 0.3) is 0 Å². The second-order valence-electron chi connectivity index (χ2n) is 4.75. The largest absolute Gasteiger partial charge is 0.244 e. The molecule has 0 radical (unpaired) electrons. The number of halogens is 2. The van der Waals surface area contributed by atoms with Gasteiger partial charge in [-0.05, 0) is 47.0 Å². The Bertz CT molecular complexity index is 538. The predicted octanol–water partition coefficient (Wildman–Crippen LogP) is 4.17. The molecule has 6 heteroatoms. The Morgan fingerprint density at radius 2 is 1.53 bits per heavy atom. The third-order valence-corrected chi connectivity index (χ3v) is 6.70. The van der Waals surface area contributed by atoms with Crippen LogP contribution in [0.3, 0.4) is 0 Å². The first kappa shape index (κ1) is 15.5. The minimum Gasteiger partial charge on any atom is -0.207 e. The molecule has 0 N–H and O–H groups in total. The normalized spacial score (nSPS) is 18.8. The Kier molecular flexibility index (Phi) is 5.45. The minimum absolute atomic E-state index is 0.358. The van der Waals surface area contributed by atoms with E-state index in [9.17, 15) is 8.42 Å². The summed E-state index contributed by atoms with van der Waals surface area (Å²) in [4.78, 5) is 0.358. The molecule has 0 aliphatic carbocycles. The van der Waals surface area contributed by atoms with E-state index >= 15 is 0 Å². The fourth-order valence-corrected chi connectivity index (χ4v) is 5.51. The van der Waals surface area contributed by atoms with E-state index in [4.69, 9.17) is 0 Å². The van der Waals surface area contributed by atoms with Gasteiger partial charge >= 0.3 is 0 Å². The molecule has 1 heterocycles. The molecule has 1 aliphatic heterocycles. The second-order valence-corrected chi connectivity index (χ2v) is 8.42. The third-order valence-electron chi connectivity index (χ3n) is 3.33. The first-order valence-electron chi connectivity index (χ1n) is 6.47. The molecule has 0 atom stereocenters. The summed E-state index contributed by atoms with van der Waals surface area (Å²) in [5.41, 5.74) is 0. The van der Waals surface area contributed by atoms with Crippen LogP contribution in [-0.4, -0.2) is 25.8 Å². The molecule has 1 saturated heterocycles. The number of hydrogen-bond acceptors (Lipinski definition) is 2. The van der Waals surface area contributed by atoms with Gasteiger partial charge in [0.05, 0.1) is 4.90 Å². The van der Waals surface area contributed by atoms with Crippen LogP contribution in [-0.2, 0) is 10.0 Å². The third kappa shape index (κ3) is 3.80. The van der Waals surface area contributed by atoms with Crippen molar-refractivity contribution in [3.05, 3.63) is 27.1 Å². The van der Waals surface area contributed by atoms with Crippen LogP contribution in [0.5, 0.6) is 0 Å². The molecule has 1 fully saturated rings. The zero-order valence-electron chi connectivity index (χ0n) is 10.6. The van der Waals surface area contributed by atoms with Crippen LogP contribution >= 0.6 is 31.9 Å². The SMILES string of the molecule is O=S(=O)(c1ccc(Br)cc1Br)N1CCCCCCC1. The van der Waals surface area contributed by atoms with E-state index in [1.807, 2.05) is 0 Å². The first-order chi connectivity index (χ1) is 9.01. The second kappa shape index (κ2) is 6.70. The fourth-order valence-electron chi connectivity index (χ4n) is 2.28. The Balaban J connectivity index is 2.29. The number of hydrogen-bond donors (Lipinski definition) is 0. The topological polar surface area (TPSA) is 37.4 Å². The minimum atomic E-state index is -3.38. The molecule has 0 aromatic heterocycles. The van der Waals surface area contributed by atoms with Gasteiger partial charge in [0.2, 0.25) is 10.0 Å². The highest BCUT2D eigenvalue weighted by Gasteiger charge is 2.26. The predicted molar refractivity (Wildman–Crippen MR) is 83.7 cm³/mol. The maximum atomic E-state index is 12.7. The van der Waals surface area contributed by atoms with E-state index in [0.29, 0.717) is 22.5 Å². The van der Waals surface area contributed by atoms with Gasteiger partial charge in [0.15, 0.2) is 0 Å². The standard InChI is InChI=1S/C13H17Br2NO2S/c14-11-6-7-13(12(15)10-11)19(17,18)16-8-4-2-1-3-5-9-16/h6-7,10H,1-5,8-9H2. The van der Waals surface area contributed by atoms with Gasteiger partial charge < -0.3 is 0 Å². The monoisotopic (exact) mass is 409 g/mol. The van der Waals surface area contributed by atoms with Crippen LogP contribution < -0.4 is 0 Å². The Morgan fingerprint density at radius 3 is 2.11 bits per heavy atom. The first-order valence-corrected chi connectivity index (χ1v) is 9.49. The van der Waals surface area contributed by atoms with E-state index in [-0.39, 0.29) is 0 Å². The van der Waals surface area contributed by atoms with Crippen molar-refractivity contribution in [2.24, 2.45) is 0 Å². The molecule has 0 saturated carbocycles. The highest BCUT2D eigenvalue weighted by Crippen LogP contribution is 2.29. The van der Waals surface area contributed by atoms with Crippen LogP contribution in [0.4, 0.5) is 0 Å². The summed E-state index contributed by atoms with van der Waals surface area (Å²) in [7, 11) is -3.38. The average Bonchev–Trinajstić information content (AvgIpc) is 2.26. The quantitative estimate of drug-likeness (QED) is 0.733. The van der Waals surface area contributed by atoms with E-state index in [1.54, 1.807) is 22.5 Å². The Morgan fingerprint density at radius 1 is 0.947 bits per heavy atom. The molecule has 1 aromatic rings. The molecule has 0 bridgehead atoms. The molecule has 1 aromatic carbocycles. The lowest BCUT2D eigenvalue weighted by atomic mass is 10.1. The maximum absolute atomic E-state index is 12.7. The summed E-state index contributed by atoms with van der Waals surface area (Å²) < 4.78 is 28.4. The van der Waals surface area contributed by atoms with Crippen molar-refractivity contribution in [3.8, 4) is 0 Å². The smallest absolute Gasteiger partial charge is 0.207 e. The van der Waals surface area contributed by atoms with Crippen LogP contribution in [0.15, 0.2) is 32.0 Å². The molecule has 0 amide bonds. The number of nitrogens with zero attached hydrogens (tertiary/aromatic N) is 1. The van der Waals surface area contributed by atoms with E-state index in [1.165, 1.54) is 6.42 Å². The lowest BCUT2D eigenvalue weighted by Crippen LogP contribution is -2.34. The number of benzene rings is 1. The lowest BCUT2D eigenvalue weighted by molar-refractivity contribution is 0.364. The molecule has 0 spiro atoms. The van der Waals surface area contributed by atoms with Crippen molar-refractivity contribution in [3.63, 3.8) is 0 Å². The average molecular weight is 411 g/mol. The summed E-state index contributed by atoms with van der Waals surface area (Å²) in [5, 5.41) is 0. The summed E-state index contributed by atoms with van der Waals surface area (Å²) in [5.74, 6) is 0. The summed E-state index contributed by atoms with van der Waals surface area (Å²) in [6.45, 7) is 1.26. The van der Waals surface area contributed by atoms with Gasteiger partial charge in [-0.2, -0.15) is 4.31 Å². The van der Waals surface area contributed by atoms with Crippen LogP contribution in [0, 0.1) is 0 Å². The van der Waals surface area contributed by atoms with Gasteiger partial charge in [-0.1, -0.05) is 35.2 Å². The highest BCUT2D eigenvalue weighted by atomic mass is 79.9. The molecule has 106 valence electrons. The maximum Gasteiger partial charge on any atom is 0.244 e. The number of rotatable bonds is 2. The lowest BCUT2D eigenvalue weighted by Gasteiger charge is -2.24. The van der Waals surface area contributed by atoms with Crippen molar-refractivity contribution in [1.29, 1.82) is 0 Å². The zero-order valence-corrected chi connectivity index (χ0v) is 14.6.